The van der Waals surface area contributed by atoms with Gasteiger partial charge in [0.1, 0.15) is 10.5 Å². The highest BCUT2D eigenvalue weighted by molar-refractivity contribution is 7.15. The fraction of sp³-hybridized carbons (Fsp3) is 0.615. The number of carbonyl (C=O) groups excluding carboxylic acids is 2. The molecule has 2 aliphatic rings. The molecule has 0 aromatic carbocycles. The molecule has 1 aromatic heterocycles. The first kappa shape index (κ1) is 24.5. The third-order valence-corrected chi connectivity index (χ3v) is 7.23. The minimum absolute atomic E-state index is 0.109. The molecule has 6 heteroatoms. The fourth-order valence-electron chi connectivity index (χ4n) is 4.50. The highest BCUT2D eigenvalue weighted by atomic mass is 32.1. The van der Waals surface area contributed by atoms with E-state index in [1.807, 2.05) is 38.7 Å². The van der Waals surface area contributed by atoms with Crippen LogP contribution in [0.1, 0.15) is 80.8 Å². The molecule has 0 bridgehead atoms. The molecule has 32 heavy (non-hydrogen) atoms. The first-order valence-electron chi connectivity index (χ1n) is 11.4. The molecule has 1 aromatic rings. The van der Waals surface area contributed by atoms with Crippen LogP contribution in [0.2, 0.25) is 0 Å². The van der Waals surface area contributed by atoms with Crippen molar-refractivity contribution in [2.45, 2.75) is 77.9 Å². The van der Waals surface area contributed by atoms with Crippen LogP contribution in [0.4, 0.5) is 5.69 Å². The number of methoxy groups -OCH3 is 1. The lowest BCUT2D eigenvalue weighted by Gasteiger charge is -2.47. The largest absolute Gasteiger partial charge is 0.465 e. The second-order valence-corrected chi connectivity index (χ2v) is 11.0. The Morgan fingerprint density at radius 3 is 2.66 bits per heavy atom. The summed E-state index contributed by atoms with van der Waals surface area (Å²) < 4.78 is 11.2. The Labute approximate surface area is 196 Å². The first-order valence-corrected chi connectivity index (χ1v) is 12.2. The third-order valence-electron chi connectivity index (χ3n) is 6.21. The lowest BCUT2D eigenvalue weighted by Crippen LogP contribution is -2.62. The van der Waals surface area contributed by atoms with Crippen LogP contribution in [0.25, 0.3) is 0 Å². The smallest absolute Gasteiger partial charge is 0.350 e. The van der Waals surface area contributed by atoms with Gasteiger partial charge in [-0.1, -0.05) is 37.2 Å². The fourth-order valence-corrected chi connectivity index (χ4v) is 5.42. The van der Waals surface area contributed by atoms with Crippen LogP contribution in [0.15, 0.2) is 18.7 Å². The standard InChI is InChI=1S/C26H35NO4S/c1-7-14-26(5)24(29)27(21(17-31-26)18-11-9-8-10-12-18)20-16-19(13-15-25(2,3)4)32-22(20)23(28)30-6/h7,16,18,21H,1,8-12,14,17H2,2-6H3. The Balaban J connectivity index is 2.11. The molecular weight excluding hydrogens is 422 g/mol. The molecule has 2 heterocycles. The maximum absolute atomic E-state index is 13.8. The summed E-state index contributed by atoms with van der Waals surface area (Å²) in [6.45, 7) is 12.2. The molecule has 2 fully saturated rings. The molecule has 1 aliphatic heterocycles. The average molecular weight is 458 g/mol. The zero-order valence-electron chi connectivity index (χ0n) is 20.0. The van der Waals surface area contributed by atoms with Gasteiger partial charge in [0.2, 0.25) is 0 Å². The van der Waals surface area contributed by atoms with Crippen molar-refractivity contribution >= 4 is 28.9 Å². The Bertz CT molecular complexity index is 926. The summed E-state index contributed by atoms with van der Waals surface area (Å²) in [5, 5.41) is 0. The monoisotopic (exact) mass is 457 g/mol. The quantitative estimate of drug-likeness (QED) is 0.329. The van der Waals surface area contributed by atoms with Crippen molar-refractivity contribution in [3.63, 3.8) is 0 Å². The third kappa shape index (κ3) is 5.27. The number of anilines is 1. The van der Waals surface area contributed by atoms with Gasteiger partial charge in [0.25, 0.3) is 5.91 Å². The molecule has 1 saturated carbocycles. The minimum Gasteiger partial charge on any atom is -0.465 e. The summed E-state index contributed by atoms with van der Waals surface area (Å²) in [6.07, 6.45) is 7.78. The van der Waals surface area contributed by atoms with E-state index in [9.17, 15) is 9.59 Å². The van der Waals surface area contributed by atoms with Crippen molar-refractivity contribution in [1.29, 1.82) is 0 Å². The number of thiophene rings is 1. The summed E-state index contributed by atoms with van der Waals surface area (Å²) >= 11 is 1.29. The second kappa shape index (κ2) is 9.80. The van der Waals surface area contributed by atoms with Crippen LogP contribution in [-0.2, 0) is 14.3 Å². The van der Waals surface area contributed by atoms with E-state index in [0.29, 0.717) is 29.5 Å². The van der Waals surface area contributed by atoms with E-state index in [-0.39, 0.29) is 17.4 Å². The van der Waals surface area contributed by atoms with E-state index in [4.69, 9.17) is 9.47 Å². The Morgan fingerprint density at radius 2 is 2.06 bits per heavy atom. The number of morpholine rings is 1. The normalized spacial score (nSPS) is 24.6. The average Bonchev–Trinajstić information content (AvgIpc) is 3.18. The van der Waals surface area contributed by atoms with Crippen LogP contribution in [-0.4, -0.2) is 37.2 Å². The predicted octanol–water partition coefficient (Wildman–Crippen LogP) is 5.58. The highest BCUT2D eigenvalue weighted by Gasteiger charge is 2.48. The molecule has 1 amide bonds. The van der Waals surface area contributed by atoms with Gasteiger partial charge in [-0.2, -0.15) is 0 Å². The number of hydrogen-bond donors (Lipinski definition) is 0. The van der Waals surface area contributed by atoms with Gasteiger partial charge in [-0.15, -0.1) is 17.9 Å². The summed E-state index contributed by atoms with van der Waals surface area (Å²) in [6, 6.07) is 1.77. The summed E-state index contributed by atoms with van der Waals surface area (Å²) in [7, 11) is 1.37. The molecule has 2 atom stereocenters. The summed E-state index contributed by atoms with van der Waals surface area (Å²) in [5.74, 6) is 6.19. The zero-order chi connectivity index (χ0) is 23.5. The predicted molar refractivity (Wildman–Crippen MR) is 129 cm³/mol. The molecule has 3 rings (SSSR count). The molecule has 2 unspecified atom stereocenters. The molecular formula is C26H35NO4S. The van der Waals surface area contributed by atoms with Crippen LogP contribution < -0.4 is 4.90 Å². The van der Waals surface area contributed by atoms with Gasteiger partial charge in [0.05, 0.1) is 30.3 Å². The lowest BCUT2D eigenvalue weighted by atomic mass is 9.81. The van der Waals surface area contributed by atoms with Crippen LogP contribution in [0.3, 0.4) is 0 Å². The molecule has 0 radical (unpaired) electrons. The van der Waals surface area contributed by atoms with Crippen LogP contribution >= 0.6 is 11.3 Å². The van der Waals surface area contributed by atoms with E-state index >= 15 is 0 Å². The Kier molecular flexibility index (Phi) is 7.52. The van der Waals surface area contributed by atoms with Gasteiger partial charge in [0, 0.05) is 11.8 Å². The van der Waals surface area contributed by atoms with Gasteiger partial charge in [-0.25, -0.2) is 4.79 Å². The second-order valence-electron chi connectivity index (χ2n) is 9.99. The maximum atomic E-state index is 13.8. The van der Waals surface area contributed by atoms with Crippen molar-refractivity contribution in [2.75, 3.05) is 18.6 Å². The Hall–Kier alpha value is -2.10. The van der Waals surface area contributed by atoms with Crippen molar-refractivity contribution in [3.8, 4) is 11.8 Å². The molecule has 0 spiro atoms. The number of amides is 1. The van der Waals surface area contributed by atoms with Gasteiger partial charge in [-0.05, 0) is 52.5 Å². The first-order chi connectivity index (χ1) is 15.1. The van der Waals surface area contributed by atoms with E-state index < -0.39 is 11.6 Å². The van der Waals surface area contributed by atoms with E-state index in [1.165, 1.54) is 24.9 Å². The number of nitrogens with zero attached hydrogens (tertiary/aromatic N) is 1. The van der Waals surface area contributed by atoms with Crippen molar-refractivity contribution in [3.05, 3.63) is 28.5 Å². The van der Waals surface area contributed by atoms with Crippen molar-refractivity contribution in [1.82, 2.24) is 0 Å². The van der Waals surface area contributed by atoms with Crippen LogP contribution in [0.5, 0.6) is 0 Å². The van der Waals surface area contributed by atoms with E-state index in [2.05, 4.69) is 18.4 Å². The molecule has 5 nitrogen and oxygen atoms in total. The minimum atomic E-state index is -1.00. The van der Waals surface area contributed by atoms with E-state index in [0.717, 1.165) is 30.6 Å². The highest BCUT2D eigenvalue weighted by Crippen LogP contribution is 2.41. The number of carbonyl (C=O) groups is 2. The molecule has 174 valence electrons. The van der Waals surface area contributed by atoms with Gasteiger partial charge in [0.15, 0.2) is 0 Å². The number of ether oxygens (including phenoxy) is 2. The number of hydrogen-bond acceptors (Lipinski definition) is 5. The van der Waals surface area contributed by atoms with Crippen molar-refractivity contribution in [2.24, 2.45) is 11.3 Å². The SMILES string of the molecule is C=CCC1(C)OCC(C2CCCCC2)N(c2cc(C#CC(C)(C)C)sc2C(=O)OC)C1=O. The topological polar surface area (TPSA) is 55.8 Å². The lowest BCUT2D eigenvalue weighted by molar-refractivity contribution is -0.152. The number of esters is 1. The zero-order valence-corrected chi connectivity index (χ0v) is 20.8. The van der Waals surface area contributed by atoms with Gasteiger partial charge in [-0.3, -0.25) is 4.79 Å². The molecule has 1 aliphatic carbocycles. The molecule has 0 N–H and O–H groups in total. The van der Waals surface area contributed by atoms with E-state index in [1.54, 1.807) is 6.08 Å². The number of rotatable bonds is 5. The van der Waals surface area contributed by atoms with Gasteiger partial charge >= 0.3 is 5.97 Å². The Morgan fingerprint density at radius 1 is 1.38 bits per heavy atom. The maximum Gasteiger partial charge on any atom is 0.350 e. The van der Waals surface area contributed by atoms with Gasteiger partial charge < -0.3 is 14.4 Å². The van der Waals surface area contributed by atoms with Crippen molar-refractivity contribution < 1.29 is 19.1 Å². The molecule has 1 saturated heterocycles. The summed E-state index contributed by atoms with van der Waals surface area (Å²) in [4.78, 5) is 29.6. The van der Waals surface area contributed by atoms with Crippen LogP contribution in [0, 0.1) is 23.2 Å². The summed E-state index contributed by atoms with van der Waals surface area (Å²) in [5.41, 5.74) is -0.573.